The van der Waals surface area contributed by atoms with Crippen LogP contribution in [0.1, 0.15) is 24.2 Å². The molecule has 2 aromatic rings. The first-order valence-electron chi connectivity index (χ1n) is 8.87. The Morgan fingerprint density at radius 2 is 1.64 bits per heavy atom. The van der Waals surface area contributed by atoms with Crippen molar-refractivity contribution in [3.63, 3.8) is 0 Å². The number of esters is 1. The van der Waals surface area contributed by atoms with Gasteiger partial charge in [0.05, 0.1) is 7.11 Å². The molecular weight excluding hydrogens is 360 g/mol. The van der Waals surface area contributed by atoms with E-state index in [4.69, 9.17) is 9.47 Å². The van der Waals surface area contributed by atoms with Crippen LogP contribution < -0.4 is 15.0 Å². The van der Waals surface area contributed by atoms with Gasteiger partial charge in [-0.25, -0.2) is 0 Å². The average Bonchev–Trinajstić information content (AvgIpc) is 2.71. The highest BCUT2D eigenvalue weighted by Crippen LogP contribution is 2.16. The van der Waals surface area contributed by atoms with Crippen LogP contribution in [-0.4, -0.2) is 44.1 Å². The first-order chi connectivity index (χ1) is 13.4. The number of nitrogens with zero attached hydrogens (tertiary/aromatic N) is 1. The molecular formula is C21H24N2O5. The molecule has 28 heavy (non-hydrogen) atoms. The summed E-state index contributed by atoms with van der Waals surface area (Å²) in [6.07, 6.45) is 0. The van der Waals surface area contributed by atoms with E-state index >= 15 is 0 Å². The van der Waals surface area contributed by atoms with E-state index in [0.29, 0.717) is 11.3 Å². The SMILES string of the molecule is COc1ccc(C(=O)NCC(=O)OCC(=O)N(c2ccccc2)C(C)C)cc1. The molecule has 0 fully saturated rings. The van der Waals surface area contributed by atoms with Gasteiger partial charge in [-0.1, -0.05) is 18.2 Å². The molecule has 0 heterocycles. The average molecular weight is 384 g/mol. The normalized spacial score (nSPS) is 10.3. The quantitative estimate of drug-likeness (QED) is 0.707. The molecule has 148 valence electrons. The van der Waals surface area contributed by atoms with Crippen molar-refractivity contribution in [3.8, 4) is 5.75 Å². The lowest BCUT2D eigenvalue weighted by Crippen LogP contribution is -2.40. The van der Waals surface area contributed by atoms with Crippen LogP contribution in [0.25, 0.3) is 0 Å². The summed E-state index contributed by atoms with van der Waals surface area (Å²) in [6.45, 7) is 3.03. The van der Waals surface area contributed by atoms with E-state index in [1.54, 1.807) is 29.2 Å². The fourth-order valence-corrected chi connectivity index (χ4v) is 2.58. The van der Waals surface area contributed by atoms with Crippen LogP contribution in [0.5, 0.6) is 5.75 Å². The zero-order valence-electron chi connectivity index (χ0n) is 16.2. The number of rotatable bonds is 8. The molecule has 0 aliphatic heterocycles. The summed E-state index contributed by atoms with van der Waals surface area (Å²) in [4.78, 5) is 37.9. The molecule has 0 bridgehead atoms. The van der Waals surface area contributed by atoms with E-state index < -0.39 is 18.5 Å². The number of benzene rings is 2. The number of ether oxygens (including phenoxy) is 2. The first kappa shape index (κ1) is 21.0. The summed E-state index contributed by atoms with van der Waals surface area (Å²) in [7, 11) is 1.53. The van der Waals surface area contributed by atoms with Crippen molar-refractivity contribution in [1.82, 2.24) is 5.32 Å². The lowest BCUT2D eigenvalue weighted by Gasteiger charge is -2.26. The van der Waals surface area contributed by atoms with Gasteiger partial charge in [0.1, 0.15) is 12.3 Å². The maximum atomic E-state index is 12.5. The summed E-state index contributed by atoms with van der Waals surface area (Å²) in [5.74, 6) is -0.815. The van der Waals surface area contributed by atoms with E-state index in [1.165, 1.54) is 7.11 Å². The smallest absolute Gasteiger partial charge is 0.325 e. The lowest BCUT2D eigenvalue weighted by atomic mass is 10.2. The van der Waals surface area contributed by atoms with E-state index in [1.807, 2.05) is 44.2 Å². The third kappa shape index (κ3) is 5.84. The van der Waals surface area contributed by atoms with E-state index in [-0.39, 0.29) is 18.5 Å². The second kappa shape index (κ2) is 10.1. The fourth-order valence-electron chi connectivity index (χ4n) is 2.58. The third-order valence-electron chi connectivity index (χ3n) is 3.92. The van der Waals surface area contributed by atoms with Gasteiger partial charge in [0, 0.05) is 17.3 Å². The number of methoxy groups -OCH3 is 1. The van der Waals surface area contributed by atoms with Crippen LogP contribution in [0.3, 0.4) is 0 Å². The largest absolute Gasteiger partial charge is 0.497 e. The molecule has 2 amide bonds. The minimum atomic E-state index is -0.688. The van der Waals surface area contributed by atoms with Crippen LogP contribution in [0.15, 0.2) is 54.6 Å². The standard InChI is InChI=1S/C21H24N2O5/c1-15(2)23(17-7-5-4-6-8-17)19(24)14-28-20(25)13-22-21(26)16-9-11-18(27-3)12-10-16/h4-12,15H,13-14H2,1-3H3,(H,22,26). The molecule has 2 aromatic carbocycles. The number of anilines is 1. The van der Waals surface area contributed by atoms with E-state index in [0.717, 1.165) is 5.69 Å². The number of hydrogen-bond donors (Lipinski definition) is 1. The van der Waals surface area contributed by atoms with Crippen molar-refractivity contribution in [2.24, 2.45) is 0 Å². The van der Waals surface area contributed by atoms with Crippen LogP contribution in [-0.2, 0) is 14.3 Å². The Kier molecular flexibility index (Phi) is 7.56. The summed E-state index contributed by atoms with van der Waals surface area (Å²) < 4.78 is 10.0. The van der Waals surface area contributed by atoms with Gasteiger partial charge in [-0.05, 0) is 50.2 Å². The molecule has 0 aliphatic rings. The molecule has 0 radical (unpaired) electrons. The number of carbonyl (C=O) groups excluding carboxylic acids is 3. The Labute approximate surface area is 164 Å². The molecule has 2 rings (SSSR count). The molecule has 7 nitrogen and oxygen atoms in total. The highest BCUT2D eigenvalue weighted by Gasteiger charge is 2.20. The highest BCUT2D eigenvalue weighted by atomic mass is 16.5. The van der Waals surface area contributed by atoms with Crippen LogP contribution in [0.2, 0.25) is 0 Å². The topological polar surface area (TPSA) is 84.9 Å². The van der Waals surface area contributed by atoms with E-state index in [2.05, 4.69) is 5.32 Å². The Balaban J connectivity index is 1.83. The summed E-state index contributed by atoms with van der Waals surface area (Å²) in [5.41, 5.74) is 1.12. The van der Waals surface area contributed by atoms with Gasteiger partial charge in [0.2, 0.25) is 0 Å². The summed E-state index contributed by atoms with van der Waals surface area (Å²) >= 11 is 0. The van der Waals surface area contributed by atoms with Gasteiger partial charge in [0.15, 0.2) is 6.61 Å². The van der Waals surface area contributed by atoms with E-state index in [9.17, 15) is 14.4 Å². The lowest BCUT2D eigenvalue weighted by molar-refractivity contribution is -0.146. The van der Waals surface area contributed by atoms with Crippen molar-refractivity contribution in [3.05, 3.63) is 60.2 Å². The summed E-state index contributed by atoms with van der Waals surface area (Å²) in [6, 6.07) is 15.5. The number of nitrogens with one attached hydrogen (secondary N) is 1. The molecule has 0 unspecified atom stereocenters. The minimum Gasteiger partial charge on any atom is -0.497 e. The highest BCUT2D eigenvalue weighted by molar-refractivity contribution is 5.97. The zero-order valence-corrected chi connectivity index (χ0v) is 16.2. The minimum absolute atomic E-state index is 0.0941. The van der Waals surface area contributed by atoms with Crippen LogP contribution in [0.4, 0.5) is 5.69 Å². The number of carbonyl (C=O) groups is 3. The predicted molar refractivity (Wildman–Crippen MR) is 105 cm³/mol. The van der Waals surface area contributed by atoms with Crippen LogP contribution >= 0.6 is 0 Å². The Morgan fingerprint density at radius 1 is 1.00 bits per heavy atom. The molecule has 1 N–H and O–H groups in total. The Bertz CT molecular complexity index is 803. The number of amides is 2. The Morgan fingerprint density at radius 3 is 2.21 bits per heavy atom. The molecule has 0 saturated carbocycles. The van der Waals surface area contributed by atoms with Gasteiger partial charge in [-0.2, -0.15) is 0 Å². The number of hydrogen-bond acceptors (Lipinski definition) is 5. The van der Waals surface area contributed by atoms with Gasteiger partial charge in [0.25, 0.3) is 11.8 Å². The Hall–Kier alpha value is -3.35. The van der Waals surface area contributed by atoms with Gasteiger partial charge in [-0.3, -0.25) is 14.4 Å². The monoisotopic (exact) mass is 384 g/mol. The molecule has 0 spiro atoms. The predicted octanol–water partition coefficient (Wildman–Crippen LogP) is 2.41. The maximum Gasteiger partial charge on any atom is 0.325 e. The van der Waals surface area contributed by atoms with Gasteiger partial charge in [-0.15, -0.1) is 0 Å². The van der Waals surface area contributed by atoms with Crippen molar-refractivity contribution in [1.29, 1.82) is 0 Å². The van der Waals surface area contributed by atoms with Gasteiger partial charge >= 0.3 is 5.97 Å². The van der Waals surface area contributed by atoms with Crippen molar-refractivity contribution in [2.45, 2.75) is 19.9 Å². The summed E-state index contributed by atoms with van der Waals surface area (Å²) in [5, 5.41) is 2.46. The molecule has 0 saturated heterocycles. The second-order valence-electron chi connectivity index (χ2n) is 6.26. The van der Waals surface area contributed by atoms with Gasteiger partial charge < -0.3 is 19.7 Å². The first-order valence-corrected chi connectivity index (χ1v) is 8.87. The maximum absolute atomic E-state index is 12.5. The van der Waals surface area contributed by atoms with Crippen molar-refractivity contribution >= 4 is 23.5 Å². The van der Waals surface area contributed by atoms with Crippen molar-refractivity contribution < 1.29 is 23.9 Å². The molecule has 0 atom stereocenters. The molecule has 0 aromatic heterocycles. The molecule has 7 heteroatoms. The second-order valence-corrected chi connectivity index (χ2v) is 6.26. The third-order valence-corrected chi connectivity index (χ3v) is 3.92. The fraction of sp³-hybridized carbons (Fsp3) is 0.286. The zero-order chi connectivity index (χ0) is 20.5. The van der Waals surface area contributed by atoms with Crippen molar-refractivity contribution in [2.75, 3.05) is 25.2 Å². The number of para-hydroxylation sites is 1. The molecule has 0 aliphatic carbocycles. The van der Waals surface area contributed by atoms with Crippen LogP contribution in [0, 0.1) is 0 Å².